The largest absolute Gasteiger partial charge is 0.452 e. The van der Waals surface area contributed by atoms with Gasteiger partial charge in [-0.15, -0.1) is 0 Å². The van der Waals surface area contributed by atoms with Crippen molar-refractivity contribution in [2.45, 2.75) is 4.90 Å². The third-order valence-corrected chi connectivity index (χ3v) is 4.64. The third-order valence-electron chi connectivity index (χ3n) is 3.01. The molecule has 0 radical (unpaired) electrons. The van der Waals surface area contributed by atoms with Crippen molar-refractivity contribution < 1.29 is 27.1 Å². The smallest absolute Gasteiger partial charge is 0.338 e. The molecule has 11 heteroatoms. The lowest BCUT2D eigenvalue weighted by molar-refractivity contribution is -0.119. The summed E-state index contributed by atoms with van der Waals surface area (Å²) < 4.78 is 41.1. The molecule has 0 aromatic heterocycles. The van der Waals surface area contributed by atoms with E-state index in [9.17, 15) is 22.4 Å². The van der Waals surface area contributed by atoms with Gasteiger partial charge in [0.2, 0.25) is 10.0 Å². The molecule has 7 nitrogen and oxygen atoms in total. The molecule has 0 fully saturated rings. The van der Waals surface area contributed by atoms with Gasteiger partial charge in [-0.2, -0.15) is 0 Å². The van der Waals surface area contributed by atoms with Gasteiger partial charge in [0.25, 0.3) is 5.91 Å². The Hall–Kier alpha value is -2.20. The lowest BCUT2D eigenvalue weighted by Crippen LogP contribution is -2.21. The molecule has 0 unspecified atom stereocenters. The maximum atomic E-state index is 13.6. The zero-order valence-corrected chi connectivity index (χ0v) is 15.2. The van der Waals surface area contributed by atoms with E-state index >= 15 is 0 Å². The Labute approximate surface area is 157 Å². The molecule has 2 aromatic carbocycles. The molecule has 0 spiro atoms. The van der Waals surface area contributed by atoms with E-state index in [0.29, 0.717) is 0 Å². The van der Waals surface area contributed by atoms with Gasteiger partial charge in [0.05, 0.1) is 16.3 Å². The third kappa shape index (κ3) is 5.15. The zero-order chi connectivity index (χ0) is 19.5. The van der Waals surface area contributed by atoms with Gasteiger partial charge in [0, 0.05) is 5.02 Å². The first-order valence-electron chi connectivity index (χ1n) is 6.82. The first-order chi connectivity index (χ1) is 12.1. The second-order valence-corrected chi connectivity index (χ2v) is 7.31. The van der Waals surface area contributed by atoms with Gasteiger partial charge in [0.1, 0.15) is 10.7 Å². The van der Waals surface area contributed by atoms with Gasteiger partial charge >= 0.3 is 5.97 Å². The molecule has 2 aromatic rings. The second kappa shape index (κ2) is 8.00. The molecule has 0 atom stereocenters. The van der Waals surface area contributed by atoms with Crippen molar-refractivity contribution in [3.8, 4) is 0 Å². The number of benzene rings is 2. The lowest BCUT2D eigenvalue weighted by atomic mass is 10.2. The van der Waals surface area contributed by atoms with Crippen LogP contribution in [0.5, 0.6) is 0 Å². The van der Waals surface area contributed by atoms with Crippen molar-refractivity contribution in [2.75, 3.05) is 11.9 Å². The van der Waals surface area contributed by atoms with E-state index in [1.54, 1.807) is 0 Å². The Bertz CT molecular complexity index is 982. The number of rotatable bonds is 5. The second-order valence-electron chi connectivity index (χ2n) is 4.94. The standard InChI is InChI=1S/C15H11Cl2FN2O5S/c16-9-2-4-12(11(18)6-9)20-14(21)7-25-15(22)8-1-3-10(17)13(5-8)26(19,23)24/h1-6H,7H2,(H,20,21)(H2,19,23,24). The van der Waals surface area contributed by atoms with E-state index in [2.05, 4.69) is 5.32 Å². The number of halogens is 3. The van der Waals surface area contributed by atoms with Crippen LogP contribution in [-0.2, 0) is 19.6 Å². The number of nitrogens with one attached hydrogen (secondary N) is 1. The van der Waals surface area contributed by atoms with Crippen LogP contribution in [0.25, 0.3) is 0 Å². The number of carbonyl (C=O) groups is 2. The average molecular weight is 421 g/mol. The topological polar surface area (TPSA) is 116 Å². The van der Waals surface area contributed by atoms with Crippen LogP contribution in [0, 0.1) is 5.82 Å². The lowest BCUT2D eigenvalue weighted by Gasteiger charge is -2.09. The molecule has 138 valence electrons. The number of nitrogens with two attached hydrogens (primary N) is 1. The summed E-state index contributed by atoms with van der Waals surface area (Å²) in [6, 6.07) is 6.91. The zero-order valence-electron chi connectivity index (χ0n) is 12.8. The summed E-state index contributed by atoms with van der Waals surface area (Å²) in [4.78, 5) is 23.2. The summed E-state index contributed by atoms with van der Waals surface area (Å²) in [5.41, 5.74) is -0.317. The number of anilines is 1. The highest BCUT2D eigenvalue weighted by molar-refractivity contribution is 7.89. The quantitative estimate of drug-likeness (QED) is 0.720. The van der Waals surface area contributed by atoms with Gasteiger partial charge in [0.15, 0.2) is 6.61 Å². The summed E-state index contributed by atoms with van der Waals surface area (Å²) in [6.45, 7) is -0.728. The summed E-state index contributed by atoms with van der Waals surface area (Å²) in [5.74, 6) is -2.55. The Morgan fingerprint density at radius 2 is 1.85 bits per heavy atom. The molecule has 0 saturated heterocycles. The van der Waals surface area contributed by atoms with E-state index in [1.165, 1.54) is 18.2 Å². The number of amides is 1. The SMILES string of the molecule is NS(=O)(=O)c1cc(C(=O)OCC(=O)Nc2ccc(Cl)cc2F)ccc1Cl. The molecular weight excluding hydrogens is 410 g/mol. The monoisotopic (exact) mass is 420 g/mol. The molecule has 26 heavy (non-hydrogen) atoms. The summed E-state index contributed by atoms with van der Waals surface area (Å²) in [5, 5.41) is 7.17. The Morgan fingerprint density at radius 1 is 1.15 bits per heavy atom. The van der Waals surface area contributed by atoms with Crippen LogP contribution in [0.3, 0.4) is 0 Å². The van der Waals surface area contributed by atoms with E-state index in [1.807, 2.05) is 0 Å². The van der Waals surface area contributed by atoms with Crippen molar-refractivity contribution in [1.82, 2.24) is 0 Å². The molecule has 0 bridgehead atoms. The van der Waals surface area contributed by atoms with Crippen molar-refractivity contribution in [3.63, 3.8) is 0 Å². The van der Waals surface area contributed by atoms with Crippen LogP contribution in [0.2, 0.25) is 10.0 Å². The minimum Gasteiger partial charge on any atom is -0.452 e. The highest BCUT2D eigenvalue weighted by atomic mass is 35.5. The fraction of sp³-hybridized carbons (Fsp3) is 0.0667. The average Bonchev–Trinajstić information content (AvgIpc) is 2.54. The van der Waals surface area contributed by atoms with Crippen molar-refractivity contribution in [1.29, 1.82) is 0 Å². The highest BCUT2D eigenvalue weighted by Crippen LogP contribution is 2.22. The Balaban J connectivity index is 2.03. The maximum absolute atomic E-state index is 13.6. The van der Waals surface area contributed by atoms with Gasteiger partial charge in [-0.3, -0.25) is 4.79 Å². The molecule has 2 rings (SSSR count). The van der Waals surface area contributed by atoms with E-state index < -0.39 is 39.2 Å². The molecule has 3 N–H and O–H groups in total. The number of carbonyl (C=O) groups excluding carboxylic acids is 2. The number of hydrogen-bond donors (Lipinski definition) is 2. The molecule has 0 aliphatic carbocycles. The summed E-state index contributed by atoms with van der Waals surface area (Å²) >= 11 is 11.3. The van der Waals surface area contributed by atoms with Crippen LogP contribution in [0.15, 0.2) is 41.3 Å². The predicted octanol–water partition coefficient (Wildman–Crippen LogP) is 2.58. The van der Waals surface area contributed by atoms with Crippen molar-refractivity contribution >= 4 is 50.8 Å². The first-order valence-corrected chi connectivity index (χ1v) is 9.12. The minimum absolute atomic E-state index is 0.140. The molecule has 0 aliphatic rings. The molecule has 0 heterocycles. The van der Waals surface area contributed by atoms with Gasteiger partial charge in [-0.1, -0.05) is 23.2 Å². The van der Waals surface area contributed by atoms with Crippen molar-refractivity contribution in [3.05, 3.63) is 57.8 Å². The van der Waals surface area contributed by atoms with Crippen LogP contribution in [0.1, 0.15) is 10.4 Å². The van der Waals surface area contributed by atoms with Crippen LogP contribution >= 0.6 is 23.2 Å². The van der Waals surface area contributed by atoms with Crippen LogP contribution in [-0.4, -0.2) is 26.9 Å². The number of hydrogen-bond acceptors (Lipinski definition) is 5. The molecular formula is C15H11Cl2FN2O5S. The van der Waals surface area contributed by atoms with E-state index in [0.717, 1.165) is 18.2 Å². The first kappa shape index (κ1) is 20.1. The van der Waals surface area contributed by atoms with Crippen LogP contribution < -0.4 is 10.5 Å². The number of sulfonamides is 1. The van der Waals surface area contributed by atoms with Gasteiger partial charge in [-0.05, 0) is 36.4 Å². The minimum atomic E-state index is -4.14. The number of esters is 1. The Morgan fingerprint density at radius 3 is 2.46 bits per heavy atom. The fourth-order valence-corrected chi connectivity index (χ4v) is 3.07. The van der Waals surface area contributed by atoms with Gasteiger partial charge < -0.3 is 10.1 Å². The summed E-state index contributed by atoms with van der Waals surface area (Å²) in [6.07, 6.45) is 0. The number of primary sulfonamides is 1. The predicted molar refractivity (Wildman–Crippen MR) is 93.1 cm³/mol. The molecule has 0 saturated carbocycles. The number of ether oxygens (including phenoxy) is 1. The fourth-order valence-electron chi connectivity index (χ4n) is 1.84. The molecule has 0 aliphatic heterocycles. The van der Waals surface area contributed by atoms with Crippen LogP contribution in [0.4, 0.5) is 10.1 Å². The van der Waals surface area contributed by atoms with Crippen molar-refractivity contribution in [2.24, 2.45) is 5.14 Å². The maximum Gasteiger partial charge on any atom is 0.338 e. The highest BCUT2D eigenvalue weighted by Gasteiger charge is 2.18. The van der Waals surface area contributed by atoms with E-state index in [4.69, 9.17) is 33.1 Å². The molecule has 1 amide bonds. The van der Waals surface area contributed by atoms with E-state index in [-0.39, 0.29) is 21.3 Å². The Kier molecular flexibility index (Phi) is 6.19. The summed E-state index contributed by atoms with van der Waals surface area (Å²) in [7, 11) is -4.14. The van der Waals surface area contributed by atoms with Gasteiger partial charge in [-0.25, -0.2) is 22.7 Å². The normalized spacial score (nSPS) is 11.1.